The molecule has 0 aliphatic rings. The minimum Gasteiger partial charge on any atom is -0.325 e. The van der Waals surface area contributed by atoms with Crippen LogP contribution in [0.15, 0.2) is 35.4 Å². The van der Waals surface area contributed by atoms with E-state index >= 15 is 0 Å². The number of aromatic nitrogens is 1. The van der Waals surface area contributed by atoms with E-state index in [4.69, 9.17) is 0 Å². The molecule has 8 heteroatoms. The van der Waals surface area contributed by atoms with Gasteiger partial charge in [-0.1, -0.05) is 38.1 Å². The number of nitrogens with zero attached hydrogens (tertiary/aromatic N) is 3. The van der Waals surface area contributed by atoms with E-state index < -0.39 is 10.2 Å². The Bertz CT molecular complexity index is 924. The molecule has 1 aromatic carbocycles. The maximum Gasteiger partial charge on any atom is 0.271 e. The predicted octanol–water partition coefficient (Wildman–Crippen LogP) is 4.63. The van der Waals surface area contributed by atoms with Gasteiger partial charge in [-0.3, -0.25) is 14.9 Å². The molecule has 0 fully saturated rings. The first-order chi connectivity index (χ1) is 13.4. The second-order valence-electron chi connectivity index (χ2n) is 6.28. The van der Waals surface area contributed by atoms with Crippen LogP contribution >= 0.6 is 11.8 Å². The van der Waals surface area contributed by atoms with E-state index in [0.29, 0.717) is 22.7 Å². The highest BCUT2D eigenvalue weighted by Crippen LogP contribution is 2.29. The van der Waals surface area contributed by atoms with Crippen LogP contribution < -0.4 is 5.32 Å². The van der Waals surface area contributed by atoms with Gasteiger partial charge in [-0.25, -0.2) is 4.98 Å². The molecule has 1 amide bonds. The zero-order chi connectivity index (χ0) is 20.7. The summed E-state index contributed by atoms with van der Waals surface area (Å²) in [5.74, 6) is -0.275. The van der Waals surface area contributed by atoms with Gasteiger partial charge in [-0.2, -0.15) is 5.26 Å². The molecule has 0 spiro atoms. The second-order valence-corrected chi connectivity index (χ2v) is 7.47. The second kappa shape index (κ2) is 9.85. The molecule has 1 heterocycles. The molecule has 1 aromatic heterocycles. The SMILES string of the molecule is CCCc1ccc(C#N)c(SC(CC)C(=O)Nc2cc([N+](=O)[O-])ccc2C)n1. The fourth-order valence-corrected chi connectivity index (χ4v) is 3.59. The fraction of sp³-hybridized carbons (Fsp3) is 0.350. The summed E-state index contributed by atoms with van der Waals surface area (Å²) in [6, 6.07) is 10.0. The molecule has 2 aromatic rings. The summed E-state index contributed by atoms with van der Waals surface area (Å²) in [5, 5.41) is 23.2. The summed E-state index contributed by atoms with van der Waals surface area (Å²) < 4.78 is 0. The first-order valence-corrected chi connectivity index (χ1v) is 9.90. The number of nitro groups is 1. The van der Waals surface area contributed by atoms with Crippen LogP contribution in [0, 0.1) is 28.4 Å². The number of carbonyl (C=O) groups is 1. The van der Waals surface area contributed by atoms with Gasteiger partial charge in [0.05, 0.1) is 21.4 Å². The van der Waals surface area contributed by atoms with Crippen LogP contribution in [-0.2, 0) is 11.2 Å². The molecule has 1 N–H and O–H groups in total. The quantitative estimate of drug-likeness (QED) is 0.394. The minimum atomic E-state index is -0.497. The number of nitriles is 1. The number of aryl methyl sites for hydroxylation is 2. The number of hydrogen-bond acceptors (Lipinski definition) is 6. The maximum atomic E-state index is 12.8. The van der Waals surface area contributed by atoms with Gasteiger partial charge in [0.25, 0.3) is 5.69 Å². The lowest BCUT2D eigenvalue weighted by Gasteiger charge is -2.16. The predicted molar refractivity (Wildman–Crippen MR) is 109 cm³/mol. The lowest BCUT2D eigenvalue weighted by atomic mass is 10.1. The third kappa shape index (κ3) is 5.30. The normalized spacial score (nSPS) is 11.5. The number of amides is 1. The van der Waals surface area contributed by atoms with E-state index in [-0.39, 0.29) is 11.6 Å². The molecule has 0 saturated carbocycles. The van der Waals surface area contributed by atoms with Crippen LogP contribution in [0.2, 0.25) is 0 Å². The number of nitrogens with one attached hydrogen (secondary N) is 1. The van der Waals surface area contributed by atoms with Gasteiger partial charge >= 0.3 is 0 Å². The summed E-state index contributed by atoms with van der Waals surface area (Å²) in [6.07, 6.45) is 2.26. The average molecular weight is 398 g/mol. The Hall–Kier alpha value is -2.92. The number of carbonyl (C=O) groups excluding carboxylic acids is 1. The van der Waals surface area contributed by atoms with Crippen molar-refractivity contribution < 1.29 is 9.72 Å². The minimum absolute atomic E-state index is 0.0812. The van der Waals surface area contributed by atoms with E-state index in [2.05, 4.69) is 23.3 Å². The Morgan fingerprint density at radius 2 is 2.11 bits per heavy atom. The van der Waals surface area contributed by atoms with Crippen LogP contribution in [0.25, 0.3) is 0 Å². The zero-order valence-corrected chi connectivity index (χ0v) is 16.9. The smallest absolute Gasteiger partial charge is 0.271 e. The largest absolute Gasteiger partial charge is 0.325 e. The lowest BCUT2D eigenvalue weighted by Crippen LogP contribution is -2.25. The molecule has 0 aliphatic carbocycles. The monoisotopic (exact) mass is 398 g/mol. The van der Waals surface area contributed by atoms with Crippen molar-refractivity contribution in [2.75, 3.05) is 5.32 Å². The molecule has 1 unspecified atom stereocenters. The van der Waals surface area contributed by atoms with Crippen molar-refractivity contribution in [1.29, 1.82) is 5.26 Å². The van der Waals surface area contributed by atoms with Gasteiger partial charge in [-0.05, 0) is 37.5 Å². The molecule has 28 heavy (non-hydrogen) atoms. The van der Waals surface area contributed by atoms with Gasteiger partial charge in [0, 0.05) is 17.8 Å². The van der Waals surface area contributed by atoms with Crippen LogP contribution in [0.5, 0.6) is 0 Å². The van der Waals surface area contributed by atoms with Gasteiger partial charge in [0.15, 0.2) is 0 Å². The number of anilines is 1. The number of benzene rings is 1. The highest BCUT2D eigenvalue weighted by Gasteiger charge is 2.22. The Morgan fingerprint density at radius 3 is 2.71 bits per heavy atom. The summed E-state index contributed by atoms with van der Waals surface area (Å²) in [6.45, 7) is 5.70. The van der Waals surface area contributed by atoms with Crippen molar-refractivity contribution in [1.82, 2.24) is 4.98 Å². The highest BCUT2D eigenvalue weighted by atomic mass is 32.2. The Balaban J connectivity index is 2.23. The molecule has 2 rings (SSSR count). The summed E-state index contributed by atoms with van der Waals surface area (Å²) in [5.41, 5.74) is 2.38. The topological polar surface area (TPSA) is 109 Å². The van der Waals surface area contributed by atoms with Gasteiger partial charge in [-0.15, -0.1) is 0 Å². The maximum absolute atomic E-state index is 12.8. The van der Waals surface area contributed by atoms with Gasteiger partial charge in [0.2, 0.25) is 5.91 Å². The van der Waals surface area contributed by atoms with Crippen molar-refractivity contribution in [2.45, 2.75) is 50.3 Å². The molecule has 0 saturated heterocycles. The van der Waals surface area contributed by atoms with Crippen molar-refractivity contribution in [3.8, 4) is 6.07 Å². The molecule has 146 valence electrons. The third-order valence-electron chi connectivity index (χ3n) is 4.15. The number of non-ortho nitro benzene ring substituents is 1. The van der Waals surface area contributed by atoms with Crippen molar-refractivity contribution in [2.24, 2.45) is 0 Å². The molecule has 0 aliphatic heterocycles. The molecule has 1 atom stereocenters. The number of nitro benzene ring substituents is 1. The average Bonchev–Trinajstić information content (AvgIpc) is 2.67. The van der Waals surface area contributed by atoms with Crippen molar-refractivity contribution in [3.05, 3.63) is 57.3 Å². The first-order valence-electron chi connectivity index (χ1n) is 9.02. The molecule has 0 radical (unpaired) electrons. The standard InChI is InChI=1S/C20H22N4O3S/c1-4-6-15-9-8-14(12-21)20(22-15)28-18(5-2)19(25)23-17-11-16(24(26)27)10-7-13(17)3/h7-11,18H,4-6H2,1-3H3,(H,23,25). The highest BCUT2D eigenvalue weighted by molar-refractivity contribution is 8.00. The Labute approximate surface area is 168 Å². The number of hydrogen-bond donors (Lipinski definition) is 1. The van der Waals surface area contributed by atoms with E-state index in [1.807, 2.05) is 13.0 Å². The van der Waals surface area contributed by atoms with Crippen LogP contribution in [0.4, 0.5) is 11.4 Å². The summed E-state index contributed by atoms with van der Waals surface area (Å²) >= 11 is 1.24. The van der Waals surface area contributed by atoms with Crippen LogP contribution in [-0.4, -0.2) is 21.1 Å². The van der Waals surface area contributed by atoms with Crippen molar-refractivity contribution >= 4 is 29.0 Å². The van der Waals surface area contributed by atoms with Crippen LogP contribution in [0.1, 0.15) is 43.5 Å². The summed E-state index contributed by atoms with van der Waals surface area (Å²) in [4.78, 5) is 27.8. The third-order valence-corrected chi connectivity index (χ3v) is 5.52. The summed E-state index contributed by atoms with van der Waals surface area (Å²) in [7, 11) is 0. The molecular weight excluding hydrogens is 376 g/mol. The van der Waals surface area contributed by atoms with Gasteiger partial charge < -0.3 is 5.32 Å². The Morgan fingerprint density at radius 1 is 1.36 bits per heavy atom. The van der Waals surface area contributed by atoms with E-state index in [1.165, 1.54) is 23.9 Å². The first kappa shape index (κ1) is 21.4. The lowest BCUT2D eigenvalue weighted by molar-refractivity contribution is -0.384. The van der Waals surface area contributed by atoms with Gasteiger partial charge in [0.1, 0.15) is 11.1 Å². The number of thioether (sulfide) groups is 1. The van der Waals surface area contributed by atoms with E-state index in [0.717, 1.165) is 24.1 Å². The molecule has 0 bridgehead atoms. The number of pyridine rings is 1. The fourth-order valence-electron chi connectivity index (χ4n) is 2.58. The Kier molecular flexibility index (Phi) is 7.52. The number of rotatable bonds is 8. The zero-order valence-electron chi connectivity index (χ0n) is 16.1. The van der Waals surface area contributed by atoms with Crippen molar-refractivity contribution in [3.63, 3.8) is 0 Å². The molecular formula is C20H22N4O3S. The van der Waals surface area contributed by atoms with E-state index in [9.17, 15) is 20.2 Å². The van der Waals surface area contributed by atoms with Crippen LogP contribution in [0.3, 0.4) is 0 Å². The molecule has 7 nitrogen and oxygen atoms in total. The van der Waals surface area contributed by atoms with E-state index in [1.54, 1.807) is 19.1 Å².